The average molecular weight is 545 g/mol. The quantitative estimate of drug-likeness (QED) is 0.459. The fraction of sp³-hybridized carbons (Fsp3) is 0.536. The minimum Gasteiger partial charge on any atom is -0.393 e. The number of pyridine rings is 1. The molecule has 8 nitrogen and oxygen atoms in total. The van der Waals surface area contributed by atoms with Crippen molar-refractivity contribution in [3.05, 3.63) is 69.9 Å². The maximum atomic E-state index is 14.2. The average Bonchev–Trinajstić information content (AvgIpc) is 3.44. The molecule has 2 aliphatic heterocycles. The zero-order chi connectivity index (χ0) is 27.5. The second-order valence-electron chi connectivity index (χ2n) is 11.7. The van der Waals surface area contributed by atoms with Crippen LogP contribution in [0.15, 0.2) is 47.5 Å². The van der Waals surface area contributed by atoms with Crippen molar-refractivity contribution in [3.63, 3.8) is 0 Å². The van der Waals surface area contributed by atoms with Crippen molar-refractivity contribution >= 4 is 5.52 Å². The maximum absolute atomic E-state index is 14.2. The van der Waals surface area contributed by atoms with Crippen LogP contribution in [0.3, 0.4) is 0 Å². The van der Waals surface area contributed by atoms with Crippen molar-refractivity contribution in [2.24, 2.45) is 5.92 Å². The van der Waals surface area contributed by atoms with Crippen LogP contribution in [-0.4, -0.2) is 62.9 Å². The van der Waals surface area contributed by atoms with Crippen LogP contribution in [0, 0.1) is 5.92 Å². The van der Waals surface area contributed by atoms with Gasteiger partial charge < -0.3 is 5.11 Å². The number of aromatic nitrogens is 2. The lowest BCUT2D eigenvalue weighted by Gasteiger charge is -2.51. The van der Waals surface area contributed by atoms with Crippen molar-refractivity contribution < 1.29 is 18.3 Å². The molecule has 0 amide bonds. The number of nitrogens with one attached hydrogen (secondary N) is 2. The lowest BCUT2D eigenvalue weighted by Crippen LogP contribution is -2.60. The highest BCUT2D eigenvalue weighted by atomic mass is 19.4. The molecule has 1 aliphatic carbocycles. The number of hydrazine groups is 1. The summed E-state index contributed by atoms with van der Waals surface area (Å²) >= 11 is 0. The molecule has 3 aliphatic rings. The van der Waals surface area contributed by atoms with Crippen LogP contribution in [0.5, 0.6) is 0 Å². The lowest BCUT2D eigenvalue weighted by atomic mass is 9.60. The summed E-state index contributed by atoms with van der Waals surface area (Å²) in [5.41, 5.74) is 6.42. The second-order valence-corrected chi connectivity index (χ2v) is 11.7. The Labute approximate surface area is 225 Å². The first-order chi connectivity index (χ1) is 18.5. The molecule has 2 atom stereocenters. The fourth-order valence-corrected chi connectivity index (χ4v) is 6.82. The van der Waals surface area contributed by atoms with Gasteiger partial charge in [-0.15, -0.1) is 0 Å². The highest BCUT2D eigenvalue weighted by Gasteiger charge is 2.53. The van der Waals surface area contributed by atoms with E-state index in [1.807, 2.05) is 25.2 Å². The summed E-state index contributed by atoms with van der Waals surface area (Å²) in [5, 5.41) is 10.2. The minimum atomic E-state index is -4.60. The minimum absolute atomic E-state index is 0.0714. The first-order valence-electron chi connectivity index (χ1n) is 13.6. The molecule has 1 aromatic carbocycles. The van der Waals surface area contributed by atoms with Crippen LogP contribution < -0.4 is 16.5 Å². The number of likely N-dealkylation sites (N-methyl/N-ethyl adjacent to an activating group) is 1. The fourth-order valence-electron chi connectivity index (χ4n) is 6.82. The Kier molecular flexibility index (Phi) is 6.62. The summed E-state index contributed by atoms with van der Waals surface area (Å²) in [6, 6.07) is 8.57. The van der Waals surface area contributed by atoms with Gasteiger partial charge in [0.25, 0.3) is 0 Å². The molecule has 0 spiro atoms. The van der Waals surface area contributed by atoms with Gasteiger partial charge in [0.05, 0.1) is 35.7 Å². The van der Waals surface area contributed by atoms with Gasteiger partial charge in [0.15, 0.2) is 0 Å². The number of halogens is 3. The Bertz CT molecular complexity index is 1430. The third-order valence-corrected chi connectivity index (χ3v) is 8.71. The summed E-state index contributed by atoms with van der Waals surface area (Å²) in [6.45, 7) is 4.84. The largest absolute Gasteiger partial charge is 0.418 e. The summed E-state index contributed by atoms with van der Waals surface area (Å²) in [4.78, 5) is 17.9. The third kappa shape index (κ3) is 4.70. The van der Waals surface area contributed by atoms with Gasteiger partial charge in [0.1, 0.15) is 0 Å². The van der Waals surface area contributed by atoms with E-state index in [9.17, 15) is 23.1 Å². The molecule has 3 fully saturated rings. The molecule has 39 heavy (non-hydrogen) atoms. The van der Waals surface area contributed by atoms with Gasteiger partial charge in [0.2, 0.25) is 0 Å². The number of aliphatic hydroxyl groups excluding tert-OH is 1. The van der Waals surface area contributed by atoms with Crippen LogP contribution in [0.1, 0.15) is 49.3 Å². The molecule has 4 heterocycles. The van der Waals surface area contributed by atoms with Crippen molar-refractivity contribution in [1.29, 1.82) is 0 Å². The molecule has 210 valence electrons. The van der Waals surface area contributed by atoms with Gasteiger partial charge in [-0.3, -0.25) is 18.8 Å². The van der Waals surface area contributed by atoms with E-state index in [1.54, 1.807) is 12.3 Å². The number of rotatable bonds is 5. The molecule has 1 unspecified atom stereocenters. The smallest absolute Gasteiger partial charge is 0.393 e. The number of piperidine rings is 1. The van der Waals surface area contributed by atoms with Gasteiger partial charge >= 0.3 is 11.9 Å². The van der Waals surface area contributed by atoms with Gasteiger partial charge in [-0.25, -0.2) is 15.6 Å². The molecule has 6 rings (SSSR count). The van der Waals surface area contributed by atoms with Gasteiger partial charge in [-0.05, 0) is 74.5 Å². The third-order valence-electron chi connectivity index (χ3n) is 8.71. The highest BCUT2D eigenvalue weighted by molar-refractivity contribution is 5.58. The van der Waals surface area contributed by atoms with Gasteiger partial charge in [0, 0.05) is 30.9 Å². The summed E-state index contributed by atoms with van der Waals surface area (Å²) in [7, 11) is 1.99. The van der Waals surface area contributed by atoms with E-state index in [1.165, 1.54) is 16.8 Å². The Morgan fingerprint density at radius 3 is 2.64 bits per heavy atom. The summed E-state index contributed by atoms with van der Waals surface area (Å²) in [6.07, 6.45) is 0.970. The Morgan fingerprint density at radius 2 is 1.97 bits per heavy atom. The van der Waals surface area contributed by atoms with Crippen molar-refractivity contribution in [2.75, 3.05) is 26.8 Å². The Balaban J connectivity index is 1.41. The van der Waals surface area contributed by atoms with Gasteiger partial charge in [-0.1, -0.05) is 19.1 Å². The van der Waals surface area contributed by atoms with Crippen LogP contribution in [0.4, 0.5) is 13.2 Å². The van der Waals surface area contributed by atoms with Crippen LogP contribution in [-0.2, 0) is 18.1 Å². The summed E-state index contributed by atoms with van der Waals surface area (Å²) in [5.74, 6) is 0.496. The van der Waals surface area contributed by atoms with E-state index in [4.69, 9.17) is 0 Å². The molecular formula is C28H35F3N6O2. The van der Waals surface area contributed by atoms with E-state index < -0.39 is 28.9 Å². The monoisotopic (exact) mass is 544 g/mol. The van der Waals surface area contributed by atoms with Crippen LogP contribution in [0.25, 0.3) is 11.2 Å². The van der Waals surface area contributed by atoms with E-state index in [0.29, 0.717) is 43.2 Å². The number of hydrogen-bond acceptors (Lipinski definition) is 6. The highest BCUT2D eigenvalue weighted by Crippen LogP contribution is 2.48. The molecule has 2 saturated heterocycles. The second kappa shape index (κ2) is 9.74. The standard InChI is InChI=1S/C28H35F3N6O2/c1-18-5-4-8-35(13-18)14-19-9-23(28(29,30)31)24-16-36(26(39)37(24)15-19)21-7-3-6-20(10-21)27(11-22(38)12-27)25-33-32-17-34(25)2/h3,6-7,9-10,15-16,18,22,25,32-33,38H,4-5,8,11-14,17H2,1-2H3/t18-,22?,25?,27?/m0/s1. The predicted octanol–water partition coefficient (Wildman–Crippen LogP) is 3.06. The maximum Gasteiger partial charge on any atom is 0.418 e. The topological polar surface area (TPSA) is 77.2 Å². The molecule has 2 aromatic heterocycles. The number of aliphatic hydroxyl groups is 1. The molecule has 3 N–H and O–H groups in total. The molecule has 0 bridgehead atoms. The lowest BCUT2D eigenvalue weighted by molar-refractivity contribution is -0.136. The zero-order valence-corrected chi connectivity index (χ0v) is 22.2. The predicted molar refractivity (Wildman–Crippen MR) is 141 cm³/mol. The zero-order valence-electron chi connectivity index (χ0n) is 22.2. The van der Waals surface area contributed by atoms with E-state index in [2.05, 4.69) is 27.6 Å². The normalized spacial score (nSPS) is 28.7. The van der Waals surface area contributed by atoms with E-state index in [-0.39, 0.29) is 11.7 Å². The molecule has 0 radical (unpaired) electrons. The van der Waals surface area contributed by atoms with Crippen LogP contribution in [0.2, 0.25) is 0 Å². The molecule has 1 saturated carbocycles. The van der Waals surface area contributed by atoms with Gasteiger partial charge in [-0.2, -0.15) is 13.2 Å². The number of benzene rings is 1. The first kappa shape index (κ1) is 26.5. The SMILES string of the molecule is C[C@H]1CCCN(Cc2cc(C(F)(F)F)c3cn(-c4cccc(C5(C6NNCN6C)CC(O)C5)c4)c(=O)n3c2)C1. The van der Waals surface area contributed by atoms with E-state index >= 15 is 0 Å². The number of alkyl halides is 3. The molecular weight excluding hydrogens is 509 g/mol. The Morgan fingerprint density at radius 1 is 1.18 bits per heavy atom. The van der Waals surface area contributed by atoms with Crippen molar-refractivity contribution in [3.8, 4) is 5.69 Å². The molecule has 11 heteroatoms. The number of nitrogens with zero attached hydrogens (tertiary/aromatic N) is 4. The number of hydrogen-bond donors (Lipinski definition) is 3. The van der Waals surface area contributed by atoms with Crippen molar-refractivity contribution in [2.45, 2.75) is 63.0 Å². The van der Waals surface area contributed by atoms with E-state index in [0.717, 1.165) is 35.9 Å². The first-order valence-corrected chi connectivity index (χ1v) is 13.6. The summed E-state index contributed by atoms with van der Waals surface area (Å²) < 4.78 is 45.1. The number of imidazole rings is 1. The van der Waals surface area contributed by atoms with Crippen LogP contribution >= 0.6 is 0 Å². The number of fused-ring (bicyclic) bond motifs is 1. The molecule has 3 aromatic rings. The Hall–Kier alpha value is -2.70. The number of likely N-dealkylation sites (tertiary alicyclic amines) is 1. The van der Waals surface area contributed by atoms with Crippen molar-refractivity contribution in [1.82, 2.24) is 29.6 Å².